The Bertz CT molecular complexity index is 364. The molecule has 2 aromatic heterocycles. The van der Waals surface area contributed by atoms with Gasteiger partial charge in [-0.25, -0.2) is 15.4 Å². The summed E-state index contributed by atoms with van der Waals surface area (Å²) in [5, 5.41) is 0. The van der Waals surface area contributed by atoms with E-state index in [1.807, 2.05) is 0 Å². The first-order chi connectivity index (χ1) is 7.42. The van der Waals surface area contributed by atoms with Gasteiger partial charge in [-0.05, 0) is 0 Å². The summed E-state index contributed by atoms with van der Waals surface area (Å²) < 4.78 is 0. The fourth-order valence-corrected chi connectivity index (χ4v) is 1.27. The first-order valence-corrected chi connectivity index (χ1v) is 4.39. The van der Waals surface area contributed by atoms with Crippen LogP contribution in [0.15, 0.2) is 37.3 Å². The highest BCUT2D eigenvalue weighted by Crippen LogP contribution is 2.15. The van der Waals surface area contributed by atoms with E-state index in [-0.39, 0.29) is 6.04 Å². The molecule has 0 radical (unpaired) electrons. The van der Waals surface area contributed by atoms with Crippen molar-refractivity contribution in [2.45, 2.75) is 6.04 Å². The molecule has 2 aromatic rings. The van der Waals surface area contributed by atoms with Gasteiger partial charge in [-0.1, -0.05) is 0 Å². The minimum absolute atomic E-state index is 0.236. The minimum Gasteiger partial charge on any atom is -0.271 e. The summed E-state index contributed by atoms with van der Waals surface area (Å²) >= 11 is 0. The lowest BCUT2D eigenvalue weighted by molar-refractivity contribution is 0.613. The maximum Gasteiger partial charge on any atom is 0.115 e. The molecule has 0 spiro atoms. The fraction of sp³-hybridized carbons (Fsp3) is 0.111. The van der Waals surface area contributed by atoms with Gasteiger partial charge < -0.3 is 0 Å². The summed E-state index contributed by atoms with van der Waals surface area (Å²) in [4.78, 5) is 16.0. The largest absolute Gasteiger partial charge is 0.271 e. The van der Waals surface area contributed by atoms with Crippen molar-refractivity contribution in [3.63, 3.8) is 0 Å². The molecular weight excluding hydrogens is 192 g/mol. The van der Waals surface area contributed by atoms with E-state index in [0.717, 1.165) is 11.3 Å². The van der Waals surface area contributed by atoms with E-state index in [9.17, 15) is 0 Å². The molecule has 6 heteroatoms. The molecule has 3 N–H and O–H groups in total. The molecule has 15 heavy (non-hydrogen) atoms. The Morgan fingerprint density at radius 3 is 2.47 bits per heavy atom. The number of rotatable bonds is 3. The smallest absolute Gasteiger partial charge is 0.115 e. The zero-order chi connectivity index (χ0) is 10.5. The van der Waals surface area contributed by atoms with Crippen LogP contribution in [0.5, 0.6) is 0 Å². The molecular formula is C9H10N6. The number of hydrogen-bond donors (Lipinski definition) is 2. The predicted molar refractivity (Wildman–Crippen MR) is 53.2 cm³/mol. The monoisotopic (exact) mass is 202 g/mol. The first-order valence-electron chi connectivity index (χ1n) is 4.39. The molecule has 1 atom stereocenters. The van der Waals surface area contributed by atoms with E-state index < -0.39 is 0 Å². The predicted octanol–water partition coefficient (Wildman–Crippen LogP) is -0.181. The molecule has 0 saturated carbocycles. The Balaban J connectivity index is 2.34. The van der Waals surface area contributed by atoms with Crippen molar-refractivity contribution in [3.8, 4) is 0 Å². The maximum atomic E-state index is 5.46. The first kappa shape index (κ1) is 9.63. The van der Waals surface area contributed by atoms with Gasteiger partial charge in [0.1, 0.15) is 6.33 Å². The average molecular weight is 202 g/mol. The van der Waals surface area contributed by atoms with Crippen LogP contribution in [0.2, 0.25) is 0 Å². The second-order valence-electron chi connectivity index (χ2n) is 2.90. The normalized spacial score (nSPS) is 12.3. The van der Waals surface area contributed by atoms with Crippen molar-refractivity contribution in [1.82, 2.24) is 25.4 Å². The number of hydrazine groups is 1. The van der Waals surface area contributed by atoms with Crippen molar-refractivity contribution in [3.05, 3.63) is 48.6 Å². The SMILES string of the molecule is NNC(c1cncnc1)c1cnccn1. The third-order valence-electron chi connectivity index (χ3n) is 1.96. The van der Waals surface area contributed by atoms with Crippen LogP contribution in [0, 0.1) is 0 Å². The Morgan fingerprint density at radius 2 is 1.87 bits per heavy atom. The lowest BCUT2D eigenvalue weighted by Crippen LogP contribution is -2.29. The quantitative estimate of drug-likeness (QED) is 0.530. The molecule has 0 saturated heterocycles. The second kappa shape index (κ2) is 4.54. The lowest BCUT2D eigenvalue weighted by atomic mass is 10.1. The molecule has 2 heterocycles. The Labute approximate surface area is 86.6 Å². The van der Waals surface area contributed by atoms with Crippen LogP contribution in [-0.4, -0.2) is 19.9 Å². The number of nitrogens with zero attached hydrogens (tertiary/aromatic N) is 4. The van der Waals surface area contributed by atoms with Gasteiger partial charge in [-0.2, -0.15) is 0 Å². The third-order valence-corrected chi connectivity index (χ3v) is 1.96. The standard InChI is InChI=1S/C9H10N6/c10-15-9(7-3-12-6-13-4-7)8-5-11-1-2-14-8/h1-6,9,15H,10H2. The van der Waals surface area contributed by atoms with Crippen molar-refractivity contribution in [2.24, 2.45) is 5.84 Å². The molecule has 1 unspecified atom stereocenters. The van der Waals surface area contributed by atoms with Gasteiger partial charge in [0, 0.05) is 30.4 Å². The topological polar surface area (TPSA) is 89.6 Å². The van der Waals surface area contributed by atoms with Crippen molar-refractivity contribution in [1.29, 1.82) is 0 Å². The fourth-order valence-electron chi connectivity index (χ4n) is 1.27. The zero-order valence-corrected chi connectivity index (χ0v) is 7.91. The van der Waals surface area contributed by atoms with E-state index in [0.29, 0.717) is 0 Å². The molecule has 6 nitrogen and oxygen atoms in total. The van der Waals surface area contributed by atoms with E-state index >= 15 is 0 Å². The molecule has 2 rings (SSSR count). The van der Waals surface area contributed by atoms with Crippen LogP contribution in [0.25, 0.3) is 0 Å². The van der Waals surface area contributed by atoms with Gasteiger partial charge in [0.05, 0.1) is 17.9 Å². The highest BCUT2D eigenvalue weighted by atomic mass is 15.2. The molecule has 76 valence electrons. The summed E-state index contributed by atoms with van der Waals surface area (Å²) in [5.74, 6) is 5.46. The van der Waals surface area contributed by atoms with Gasteiger partial charge in [-0.3, -0.25) is 15.8 Å². The Morgan fingerprint density at radius 1 is 1.07 bits per heavy atom. The van der Waals surface area contributed by atoms with Gasteiger partial charge >= 0.3 is 0 Å². The number of aromatic nitrogens is 4. The van der Waals surface area contributed by atoms with E-state index in [1.165, 1.54) is 6.33 Å². The summed E-state index contributed by atoms with van der Waals surface area (Å²) in [6.07, 6.45) is 9.71. The number of hydrogen-bond acceptors (Lipinski definition) is 6. The Kier molecular flexibility index (Phi) is 2.91. The molecule has 0 aromatic carbocycles. The van der Waals surface area contributed by atoms with E-state index in [4.69, 9.17) is 5.84 Å². The molecule has 0 aliphatic carbocycles. The van der Waals surface area contributed by atoms with E-state index in [1.54, 1.807) is 31.0 Å². The molecule has 0 bridgehead atoms. The van der Waals surface area contributed by atoms with Crippen molar-refractivity contribution >= 4 is 0 Å². The van der Waals surface area contributed by atoms with Gasteiger partial charge in [0.15, 0.2) is 0 Å². The van der Waals surface area contributed by atoms with Gasteiger partial charge in [-0.15, -0.1) is 0 Å². The molecule has 0 fully saturated rings. The molecule has 0 aliphatic rings. The van der Waals surface area contributed by atoms with Crippen LogP contribution in [0.3, 0.4) is 0 Å². The molecule has 0 amide bonds. The summed E-state index contributed by atoms with van der Waals surface area (Å²) in [6, 6.07) is -0.236. The lowest BCUT2D eigenvalue weighted by Gasteiger charge is -2.13. The zero-order valence-electron chi connectivity index (χ0n) is 7.91. The van der Waals surface area contributed by atoms with Gasteiger partial charge in [0.2, 0.25) is 0 Å². The van der Waals surface area contributed by atoms with Crippen LogP contribution in [0.4, 0.5) is 0 Å². The second-order valence-corrected chi connectivity index (χ2v) is 2.90. The van der Waals surface area contributed by atoms with E-state index in [2.05, 4.69) is 25.4 Å². The van der Waals surface area contributed by atoms with Crippen molar-refractivity contribution in [2.75, 3.05) is 0 Å². The minimum atomic E-state index is -0.236. The van der Waals surface area contributed by atoms with Crippen LogP contribution < -0.4 is 11.3 Å². The van der Waals surface area contributed by atoms with Crippen LogP contribution in [0.1, 0.15) is 17.3 Å². The Hall–Kier alpha value is -1.92. The molecule has 0 aliphatic heterocycles. The average Bonchev–Trinajstić information content (AvgIpc) is 2.33. The van der Waals surface area contributed by atoms with Crippen LogP contribution >= 0.6 is 0 Å². The highest BCUT2D eigenvalue weighted by molar-refractivity contribution is 5.20. The summed E-state index contributed by atoms with van der Waals surface area (Å²) in [6.45, 7) is 0. The van der Waals surface area contributed by atoms with Gasteiger partial charge in [0.25, 0.3) is 0 Å². The van der Waals surface area contributed by atoms with Crippen LogP contribution in [-0.2, 0) is 0 Å². The summed E-state index contributed by atoms with van der Waals surface area (Å²) in [7, 11) is 0. The number of nitrogens with one attached hydrogen (secondary N) is 1. The highest BCUT2D eigenvalue weighted by Gasteiger charge is 2.13. The number of nitrogens with two attached hydrogens (primary N) is 1. The van der Waals surface area contributed by atoms with Crippen molar-refractivity contribution < 1.29 is 0 Å². The maximum absolute atomic E-state index is 5.46. The third kappa shape index (κ3) is 2.12. The summed E-state index contributed by atoms with van der Waals surface area (Å²) in [5.41, 5.74) is 4.23.